The number of carbonyl (C=O) groups is 1. The summed E-state index contributed by atoms with van der Waals surface area (Å²) < 4.78 is 5.00. The van der Waals surface area contributed by atoms with Crippen molar-refractivity contribution in [2.75, 3.05) is 19.5 Å². The third-order valence-corrected chi connectivity index (χ3v) is 4.29. The van der Waals surface area contributed by atoms with Crippen molar-refractivity contribution in [3.05, 3.63) is 22.7 Å². The van der Waals surface area contributed by atoms with Gasteiger partial charge in [-0.15, -0.1) is 11.3 Å². The normalized spacial score (nSPS) is 12.6. The first-order chi connectivity index (χ1) is 9.54. The van der Waals surface area contributed by atoms with Gasteiger partial charge in [-0.3, -0.25) is 4.79 Å². The molecule has 0 aromatic carbocycles. The summed E-state index contributed by atoms with van der Waals surface area (Å²) in [5, 5.41) is 3.82. The van der Waals surface area contributed by atoms with Crippen LogP contribution in [0.2, 0.25) is 0 Å². The molecule has 5 nitrogen and oxygen atoms in total. The maximum atomic E-state index is 12.3. The van der Waals surface area contributed by atoms with Crippen molar-refractivity contribution in [3.8, 4) is 0 Å². The molecule has 6 heteroatoms. The number of methoxy groups -OCH3 is 1. The van der Waals surface area contributed by atoms with Gasteiger partial charge in [0.15, 0.2) is 0 Å². The fraction of sp³-hybridized carbons (Fsp3) is 0.429. The Labute approximate surface area is 122 Å². The fourth-order valence-electron chi connectivity index (χ4n) is 2.03. The van der Waals surface area contributed by atoms with E-state index in [-0.39, 0.29) is 11.9 Å². The molecule has 2 aromatic rings. The second-order valence-corrected chi connectivity index (χ2v) is 5.81. The highest BCUT2D eigenvalue weighted by Gasteiger charge is 2.19. The van der Waals surface area contributed by atoms with E-state index in [9.17, 15) is 4.79 Å². The summed E-state index contributed by atoms with van der Waals surface area (Å²) >= 11 is 1.33. The molecule has 0 saturated heterocycles. The predicted octanol–water partition coefficient (Wildman–Crippen LogP) is 2.34. The van der Waals surface area contributed by atoms with E-state index < -0.39 is 0 Å². The van der Waals surface area contributed by atoms with Crippen LogP contribution in [0.1, 0.15) is 28.6 Å². The highest BCUT2D eigenvalue weighted by molar-refractivity contribution is 7.21. The average molecular weight is 293 g/mol. The zero-order valence-electron chi connectivity index (χ0n) is 11.9. The van der Waals surface area contributed by atoms with Crippen molar-refractivity contribution in [3.63, 3.8) is 0 Å². The summed E-state index contributed by atoms with van der Waals surface area (Å²) in [6, 6.07) is 1.94. The molecule has 20 heavy (non-hydrogen) atoms. The molecule has 108 valence electrons. The van der Waals surface area contributed by atoms with Gasteiger partial charge in [0.1, 0.15) is 9.71 Å². The molecule has 1 amide bonds. The summed E-state index contributed by atoms with van der Waals surface area (Å²) in [5.74, 6) is -0.145. The topological polar surface area (TPSA) is 77.2 Å². The Kier molecular flexibility index (Phi) is 4.57. The number of rotatable bonds is 5. The minimum absolute atomic E-state index is 0.0427. The lowest BCUT2D eigenvalue weighted by Crippen LogP contribution is -2.33. The van der Waals surface area contributed by atoms with Gasteiger partial charge in [-0.2, -0.15) is 0 Å². The summed E-state index contributed by atoms with van der Waals surface area (Å²) in [6.07, 6.45) is 2.50. The van der Waals surface area contributed by atoms with Gasteiger partial charge in [0, 0.05) is 31.3 Å². The number of ether oxygens (including phenoxy) is 1. The lowest BCUT2D eigenvalue weighted by atomic mass is 10.1. The number of hydrogen-bond donors (Lipinski definition) is 2. The van der Waals surface area contributed by atoms with Gasteiger partial charge >= 0.3 is 0 Å². The molecule has 2 rings (SSSR count). The molecular weight excluding hydrogens is 274 g/mol. The smallest absolute Gasteiger partial charge is 0.263 e. The molecule has 0 fully saturated rings. The number of aryl methyl sites for hydroxylation is 1. The molecule has 1 unspecified atom stereocenters. The lowest BCUT2D eigenvalue weighted by Gasteiger charge is -2.12. The first-order valence-corrected chi connectivity index (χ1v) is 7.29. The zero-order chi connectivity index (χ0) is 14.7. The van der Waals surface area contributed by atoms with Crippen LogP contribution in [0, 0.1) is 6.92 Å². The van der Waals surface area contributed by atoms with Crippen LogP contribution in [0.5, 0.6) is 0 Å². The lowest BCUT2D eigenvalue weighted by molar-refractivity contribution is 0.0934. The van der Waals surface area contributed by atoms with Crippen LogP contribution in [-0.2, 0) is 4.74 Å². The van der Waals surface area contributed by atoms with Crippen molar-refractivity contribution >= 4 is 33.1 Å². The number of hydrogen-bond acceptors (Lipinski definition) is 5. The third-order valence-electron chi connectivity index (χ3n) is 3.18. The first kappa shape index (κ1) is 14.7. The van der Waals surface area contributed by atoms with Crippen LogP contribution in [0.15, 0.2) is 12.3 Å². The minimum atomic E-state index is -0.145. The minimum Gasteiger partial charge on any atom is -0.397 e. The van der Waals surface area contributed by atoms with E-state index in [2.05, 4.69) is 10.3 Å². The van der Waals surface area contributed by atoms with Crippen LogP contribution >= 0.6 is 11.3 Å². The molecule has 0 saturated carbocycles. The molecule has 2 heterocycles. The summed E-state index contributed by atoms with van der Waals surface area (Å²) in [6.45, 7) is 4.53. The number of thiophene rings is 1. The second-order valence-electron chi connectivity index (χ2n) is 4.81. The standard InChI is InChI=1S/C14H19N3O2S/c1-8-4-6-16-14-10(8)11(15)12(20-14)13(18)17-9(2)5-7-19-3/h4,6,9H,5,7,15H2,1-3H3,(H,17,18). The number of fused-ring (bicyclic) bond motifs is 1. The number of carbonyl (C=O) groups excluding carboxylic acids is 1. The van der Waals surface area contributed by atoms with E-state index in [4.69, 9.17) is 10.5 Å². The third kappa shape index (κ3) is 2.91. The van der Waals surface area contributed by atoms with Gasteiger partial charge in [-0.05, 0) is 31.9 Å². The van der Waals surface area contributed by atoms with Gasteiger partial charge < -0.3 is 15.8 Å². The fourth-order valence-corrected chi connectivity index (χ4v) is 3.07. The number of nitrogens with one attached hydrogen (secondary N) is 1. The van der Waals surface area contributed by atoms with E-state index in [0.29, 0.717) is 17.2 Å². The van der Waals surface area contributed by atoms with E-state index in [1.165, 1.54) is 11.3 Å². The zero-order valence-corrected chi connectivity index (χ0v) is 12.7. The van der Waals surface area contributed by atoms with Crippen LogP contribution < -0.4 is 11.1 Å². The molecule has 1 atom stereocenters. The quantitative estimate of drug-likeness (QED) is 0.887. The number of nitrogens with two attached hydrogens (primary N) is 1. The van der Waals surface area contributed by atoms with Crippen LogP contribution in [0.25, 0.3) is 10.2 Å². The first-order valence-electron chi connectivity index (χ1n) is 6.48. The molecule has 2 aromatic heterocycles. The van der Waals surface area contributed by atoms with E-state index in [0.717, 1.165) is 22.2 Å². The molecule has 0 aliphatic heterocycles. The van der Waals surface area contributed by atoms with E-state index in [1.54, 1.807) is 13.3 Å². The largest absolute Gasteiger partial charge is 0.397 e. The van der Waals surface area contributed by atoms with Crippen LogP contribution in [0.3, 0.4) is 0 Å². The Morgan fingerprint density at radius 3 is 3.00 bits per heavy atom. The summed E-state index contributed by atoms with van der Waals surface area (Å²) in [7, 11) is 1.65. The maximum absolute atomic E-state index is 12.3. The van der Waals surface area contributed by atoms with Crippen molar-refractivity contribution in [1.29, 1.82) is 0 Å². The van der Waals surface area contributed by atoms with Crippen LogP contribution in [-0.4, -0.2) is 30.6 Å². The van der Waals surface area contributed by atoms with Gasteiger partial charge in [0.2, 0.25) is 0 Å². The summed E-state index contributed by atoms with van der Waals surface area (Å²) in [4.78, 5) is 17.9. The number of anilines is 1. The number of nitrogen functional groups attached to an aromatic ring is 1. The summed E-state index contributed by atoms with van der Waals surface area (Å²) in [5.41, 5.74) is 7.66. The van der Waals surface area contributed by atoms with Gasteiger partial charge in [-0.1, -0.05) is 0 Å². The second kappa shape index (κ2) is 6.19. The van der Waals surface area contributed by atoms with Crippen LogP contribution in [0.4, 0.5) is 5.69 Å². The molecular formula is C14H19N3O2S. The number of nitrogens with zero attached hydrogens (tertiary/aromatic N) is 1. The maximum Gasteiger partial charge on any atom is 0.263 e. The molecule has 0 aliphatic carbocycles. The molecule has 0 spiro atoms. The van der Waals surface area contributed by atoms with Crippen molar-refractivity contribution in [1.82, 2.24) is 10.3 Å². The van der Waals surface area contributed by atoms with Gasteiger partial charge in [0.05, 0.1) is 5.69 Å². The number of amides is 1. The molecule has 3 N–H and O–H groups in total. The van der Waals surface area contributed by atoms with E-state index in [1.807, 2.05) is 19.9 Å². The Bertz CT molecular complexity index is 624. The van der Waals surface area contributed by atoms with Crippen molar-refractivity contribution in [2.24, 2.45) is 0 Å². The highest BCUT2D eigenvalue weighted by atomic mass is 32.1. The highest BCUT2D eigenvalue weighted by Crippen LogP contribution is 2.34. The Morgan fingerprint density at radius 2 is 2.35 bits per heavy atom. The molecule has 0 aliphatic rings. The SMILES string of the molecule is COCCC(C)NC(=O)c1sc2nccc(C)c2c1N. The van der Waals surface area contributed by atoms with Gasteiger partial charge in [0.25, 0.3) is 5.91 Å². The van der Waals surface area contributed by atoms with Crippen molar-refractivity contribution < 1.29 is 9.53 Å². The number of pyridine rings is 1. The Hall–Kier alpha value is -1.66. The molecule has 0 radical (unpaired) electrons. The Morgan fingerprint density at radius 1 is 1.60 bits per heavy atom. The molecule has 0 bridgehead atoms. The number of aromatic nitrogens is 1. The van der Waals surface area contributed by atoms with Crippen molar-refractivity contribution in [2.45, 2.75) is 26.3 Å². The predicted molar refractivity (Wildman–Crippen MR) is 82.2 cm³/mol. The van der Waals surface area contributed by atoms with Gasteiger partial charge in [-0.25, -0.2) is 4.98 Å². The monoisotopic (exact) mass is 293 g/mol. The Balaban J connectivity index is 2.22. The van der Waals surface area contributed by atoms with E-state index >= 15 is 0 Å². The average Bonchev–Trinajstić information content (AvgIpc) is 2.75.